The van der Waals surface area contributed by atoms with E-state index in [9.17, 15) is 9.59 Å². The number of piperidine rings is 1. The van der Waals surface area contributed by atoms with Crippen molar-refractivity contribution < 1.29 is 9.59 Å². The maximum absolute atomic E-state index is 12.5. The summed E-state index contributed by atoms with van der Waals surface area (Å²) in [5, 5.41) is 6.78. The van der Waals surface area contributed by atoms with Crippen LogP contribution >= 0.6 is 11.6 Å². The molecule has 0 radical (unpaired) electrons. The van der Waals surface area contributed by atoms with Crippen LogP contribution in [0.1, 0.15) is 51.6 Å². The lowest BCUT2D eigenvalue weighted by Gasteiger charge is -2.32. The average Bonchev–Trinajstić information content (AvgIpc) is 2.74. The zero-order chi connectivity index (χ0) is 21.2. The van der Waals surface area contributed by atoms with E-state index in [-0.39, 0.29) is 23.9 Å². The number of amides is 3. The fourth-order valence-corrected chi connectivity index (χ4v) is 3.78. The van der Waals surface area contributed by atoms with E-state index in [0.717, 1.165) is 31.6 Å². The Balaban J connectivity index is 1.69. The molecule has 6 nitrogen and oxygen atoms in total. The molecule has 1 aromatic rings. The molecule has 1 aliphatic rings. The van der Waals surface area contributed by atoms with Crippen molar-refractivity contribution in [2.75, 3.05) is 39.3 Å². The molecule has 0 spiro atoms. The van der Waals surface area contributed by atoms with E-state index < -0.39 is 0 Å². The molecule has 1 heterocycles. The molecule has 1 aliphatic heterocycles. The zero-order valence-electron chi connectivity index (χ0n) is 17.9. The maximum atomic E-state index is 12.5. The number of carbonyl (C=O) groups is 2. The Labute approximate surface area is 180 Å². The standard InChI is InChI=1S/C22H35ClN4O2/c1-4-26(5-2)14-6-13-24-21(28)19-11-15-27(16-12-19)22(29)25-17(3)18-7-9-20(23)10-8-18/h7-10,17,19H,4-6,11-16H2,1-3H3,(H,24,28)(H,25,29). The van der Waals surface area contributed by atoms with E-state index in [1.165, 1.54) is 0 Å². The fourth-order valence-electron chi connectivity index (χ4n) is 3.65. The van der Waals surface area contributed by atoms with E-state index >= 15 is 0 Å². The molecule has 1 fully saturated rings. The number of halogens is 1. The van der Waals surface area contributed by atoms with Crippen molar-refractivity contribution in [3.63, 3.8) is 0 Å². The highest BCUT2D eigenvalue weighted by atomic mass is 35.5. The van der Waals surface area contributed by atoms with E-state index in [1.807, 2.05) is 31.2 Å². The molecule has 1 aromatic carbocycles. The normalized spacial score (nSPS) is 16.0. The number of hydrogen-bond acceptors (Lipinski definition) is 3. The highest BCUT2D eigenvalue weighted by Gasteiger charge is 2.27. The second kappa shape index (κ2) is 12.0. The van der Waals surface area contributed by atoms with E-state index in [0.29, 0.717) is 37.5 Å². The van der Waals surface area contributed by atoms with Crippen molar-refractivity contribution >= 4 is 23.5 Å². The molecule has 0 bridgehead atoms. The second-order valence-corrected chi connectivity index (χ2v) is 8.09. The summed E-state index contributed by atoms with van der Waals surface area (Å²) in [7, 11) is 0. The van der Waals surface area contributed by atoms with Crippen LogP contribution in [-0.4, -0.2) is 61.0 Å². The summed E-state index contributed by atoms with van der Waals surface area (Å²) in [5.41, 5.74) is 1.02. The van der Waals surface area contributed by atoms with Crippen molar-refractivity contribution in [1.82, 2.24) is 20.4 Å². The number of hydrogen-bond donors (Lipinski definition) is 2. The molecule has 29 heavy (non-hydrogen) atoms. The SMILES string of the molecule is CCN(CC)CCCNC(=O)C1CCN(C(=O)NC(C)c2ccc(Cl)cc2)CC1. The molecule has 0 aliphatic carbocycles. The van der Waals surface area contributed by atoms with Crippen molar-refractivity contribution in [2.24, 2.45) is 5.92 Å². The van der Waals surface area contributed by atoms with Crippen LogP contribution in [-0.2, 0) is 4.79 Å². The summed E-state index contributed by atoms with van der Waals surface area (Å²) in [5.74, 6) is 0.125. The van der Waals surface area contributed by atoms with Crippen molar-refractivity contribution in [2.45, 2.75) is 46.1 Å². The number of nitrogens with zero attached hydrogens (tertiary/aromatic N) is 2. The predicted octanol–water partition coefficient (Wildman–Crippen LogP) is 3.67. The highest BCUT2D eigenvalue weighted by molar-refractivity contribution is 6.30. The minimum absolute atomic E-state index is 0.00110. The average molecular weight is 423 g/mol. The number of urea groups is 1. The lowest BCUT2D eigenvalue weighted by molar-refractivity contribution is -0.126. The minimum Gasteiger partial charge on any atom is -0.356 e. The van der Waals surface area contributed by atoms with E-state index in [1.54, 1.807) is 4.90 Å². The van der Waals surface area contributed by atoms with Crippen LogP contribution in [0.5, 0.6) is 0 Å². The Morgan fingerprint density at radius 3 is 2.38 bits per heavy atom. The van der Waals surface area contributed by atoms with Crippen LogP contribution in [0, 0.1) is 5.92 Å². The van der Waals surface area contributed by atoms with Crippen LogP contribution < -0.4 is 10.6 Å². The topological polar surface area (TPSA) is 64.7 Å². The molecule has 3 amide bonds. The molecular formula is C22H35ClN4O2. The fraction of sp³-hybridized carbons (Fsp3) is 0.636. The number of benzene rings is 1. The molecule has 1 atom stereocenters. The van der Waals surface area contributed by atoms with Gasteiger partial charge in [-0.3, -0.25) is 4.79 Å². The number of likely N-dealkylation sites (tertiary alicyclic amines) is 1. The van der Waals surface area contributed by atoms with Gasteiger partial charge in [0.05, 0.1) is 6.04 Å². The first-order valence-corrected chi connectivity index (χ1v) is 11.1. The number of rotatable bonds is 9. The summed E-state index contributed by atoms with van der Waals surface area (Å²) in [6, 6.07) is 7.32. The first-order valence-electron chi connectivity index (χ1n) is 10.8. The van der Waals surface area contributed by atoms with Gasteiger partial charge in [0.2, 0.25) is 5.91 Å². The summed E-state index contributed by atoms with van der Waals surface area (Å²) >= 11 is 5.92. The molecule has 0 saturated carbocycles. The second-order valence-electron chi connectivity index (χ2n) is 7.66. The molecular weight excluding hydrogens is 388 g/mol. The molecule has 162 valence electrons. The molecule has 0 aromatic heterocycles. The van der Waals surface area contributed by atoms with Crippen LogP contribution in [0.25, 0.3) is 0 Å². The van der Waals surface area contributed by atoms with E-state index in [4.69, 9.17) is 11.6 Å². The molecule has 1 unspecified atom stereocenters. The molecule has 1 saturated heterocycles. The van der Waals surface area contributed by atoms with Gasteiger partial charge in [-0.15, -0.1) is 0 Å². The van der Waals surface area contributed by atoms with Gasteiger partial charge in [0.25, 0.3) is 0 Å². The van der Waals surface area contributed by atoms with Gasteiger partial charge in [-0.1, -0.05) is 37.6 Å². The van der Waals surface area contributed by atoms with E-state index in [2.05, 4.69) is 29.4 Å². The number of carbonyl (C=O) groups excluding carboxylic acids is 2. The summed E-state index contributed by atoms with van der Waals surface area (Å²) < 4.78 is 0. The minimum atomic E-state index is -0.0911. The lowest BCUT2D eigenvalue weighted by Crippen LogP contribution is -2.47. The summed E-state index contributed by atoms with van der Waals surface area (Å²) in [6.07, 6.45) is 2.40. The van der Waals surface area contributed by atoms with Gasteiger partial charge in [-0.2, -0.15) is 0 Å². The Kier molecular flexibility index (Phi) is 9.74. The smallest absolute Gasteiger partial charge is 0.317 e. The predicted molar refractivity (Wildman–Crippen MR) is 118 cm³/mol. The Morgan fingerprint density at radius 1 is 1.17 bits per heavy atom. The Bertz CT molecular complexity index is 641. The third-order valence-corrected chi connectivity index (χ3v) is 5.96. The first-order chi connectivity index (χ1) is 13.9. The van der Waals surface area contributed by atoms with Crippen LogP contribution in [0.3, 0.4) is 0 Å². The van der Waals surface area contributed by atoms with Gasteiger partial charge in [-0.05, 0) is 63.5 Å². The van der Waals surface area contributed by atoms with Gasteiger partial charge in [0.1, 0.15) is 0 Å². The van der Waals surface area contributed by atoms with Crippen LogP contribution in [0.2, 0.25) is 5.02 Å². The van der Waals surface area contributed by atoms with Gasteiger partial charge in [0, 0.05) is 30.6 Å². The van der Waals surface area contributed by atoms with Crippen molar-refractivity contribution in [3.05, 3.63) is 34.9 Å². The van der Waals surface area contributed by atoms with Gasteiger partial charge < -0.3 is 20.4 Å². The lowest BCUT2D eigenvalue weighted by atomic mass is 9.96. The molecule has 2 N–H and O–H groups in total. The first kappa shape index (κ1) is 23.5. The Morgan fingerprint density at radius 2 is 1.79 bits per heavy atom. The monoisotopic (exact) mass is 422 g/mol. The summed E-state index contributed by atoms with van der Waals surface area (Å²) in [4.78, 5) is 29.1. The quantitative estimate of drug-likeness (QED) is 0.597. The molecule has 7 heteroatoms. The Hall–Kier alpha value is -1.79. The third kappa shape index (κ3) is 7.52. The van der Waals surface area contributed by atoms with Crippen LogP contribution in [0.15, 0.2) is 24.3 Å². The van der Waals surface area contributed by atoms with Gasteiger partial charge in [0.15, 0.2) is 0 Å². The van der Waals surface area contributed by atoms with Crippen molar-refractivity contribution in [1.29, 1.82) is 0 Å². The van der Waals surface area contributed by atoms with Gasteiger partial charge in [-0.25, -0.2) is 4.79 Å². The maximum Gasteiger partial charge on any atom is 0.317 e. The van der Waals surface area contributed by atoms with Crippen LogP contribution in [0.4, 0.5) is 4.79 Å². The summed E-state index contributed by atoms with van der Waals surface area (Å²) in [6.45, 7) is 11.3. The largest absolute Gasteiger partial charge is 0.356 e. The van der Waals surface area contributed by atoms with Gasteiger partial charge >= 0.3 is 6.03 Å². The third-order valence-electron chi connectivity index (χ3n) is 5.71. The highest BCUT2D eigenvalue weighted by Crippen LogP contribution is 2.19. The number of nitrogens with one attached hydrogen (secondary N) is 2. The van der Waals surface area contributed by atoms with Crippen molar-refractivity contribution in [3.8, 4) is 0 Å². The zero-order valence-corrected chi connectivity index (χ0v) is 18.7. The molecule has 2 rings (SSSR count).